The number of aromatic hydroxyl groups is 1. The maximum atomic E-state index is 12.3. The van der Waals surface area contributed by atoms with Gasteiger partial charge in [-0.05, 0) is 67.8 Å². The minimum atomic E-state index is -0.838. The number of carbonyl (C=O) groups excluding carboxylic acids is 1. The fraction of sp³-hybridized carbons (Fsp3) is 0.650. The Hall–Kier alpha value is -1.39. The van der Waals surface area contributed by atoms with Crippen LogP contribution in [0.1, 0.15) is 49.7 Å². The Bertz CT molecular complexity index is 713. The average molecular weight is 327 g/mol. The Balaban J connectivity index is 1.65. The number of benzene rings is 1. The predicted molar refractivity (Wildman–Crippen MR) is 90.0 cm³/mol. The zero-order valence-electron chi connectivity index (χ0n) is 14.0. The second-order valence-corrected chi connectivity index (χ2v) is 8.47. The molecule has 3 fully saturated rings. The summed E-state index contributed by atoms with van der Waals surface area (Å²) in [7, 11) is 0. The van der Waals surface area contributed by atoms with Gasteiger partial charge in [0.25, 0.3) is 0 Å². The van der Waals surface area contributed by atoms with Gasteiger partial charge in [0.05, 0.1) is 5.60 Å². The summed E-state index contributed by atoms with van der Waals surface area (Å²) in [6.07, 6.45) is 5.75. The molecule has 4 nitrogen and oxygen atoms in total. The van der Waals surface area contributed by atoms with Gasteiger partial charge in [0, 0.05) is 30.8 Å². The molecule has 2 bridgehead atoms. The van der Waals surface area contributed by atoms with Gasteiger partial charge in [-0.15, -0.1) is 0 Å². The van der Waals surface area contributed by atoms with Crippen LogP contribution in [0.4, 0.5) is 0 Å². The van der Waals surface area contributed by atoms with Crippen molar-refractivity contribution in [3.63, 3.8) is 0 Å². The molecule has 2 N–H and O–H groups in total. The van der Waals surface area contributed by atoms with E-state index in [0.29, 0.717) is 19.3 Å². The number of fused-ring (bicyclic) bond motifs is 1. The van der Waals surface area contributed by atoms with Gasteiger partial charge in [-0.2, -0.15) is 0 Å². The molecule has 3 aliphatic carbocycles. The molecule has 0 radical (unpaired) electrons. The van der Waals surface area contributed by atoms with Gasteiger partial charge in [0.1, 0.15) is 11.5 Å². The van der Waals surface area contributed by atoms with E-state index in [1.807, 2.05) is 12.1 Å². The lowest BCUT2D eigenvalue weighted by molar-refractivity contribution is -0.173. The summed E-state index contributed by atoms with van der Waals surface area (Å²) >= 11 is 0. The highest BCUT2D eigenvalue weighted by Gasteiger charge is 2.64. The SMILES string of the molecule is O=C1CC[C@]2(O)[C@@H]3Cc4ccc(O)cc4[C@]2(CCN3CC2CC2)C1. The van der Waals surface area contributed by atoms with Crippen LogP contribution in [0.25, 0.3) is 0 Å². The monoisotopic (exact) mass is 327 g/mol. The first kappa shape index (κ1) is 14.9. The Labute approximate surface area is 142 Å². The quantitative estimate of drug-likeness (QED) is 0.874. The lowest BCUT2D eigenvalue weighted by Crippen LogP contribution is -2.73. The number of Topliss-reactive ketones (excluding diaryl/α,β-unsaturated/α-hetero) is 1. The third-order valence-electron chi connectivity index (χ3n) is 7.14. The number of piperidine rings is 1. The molecule has 0 spiro atoms. The molecule has 0 unspecified atom stereocenters. The summed E-state index contributed by atoms with van der Waals surface area (Å²) in [4.78, 5) is 14.8. The van der Waals surface area contributed by atoms with E-state index >= 15 is 0 Å². The van der Waals surface area contributed by atoms with Crippen molar-refractivity contribution in [2.75, 3.05) is 13.1 Å². The van der Waals surface area contributed by atoms with Crippen LogP contribution in [0.2, 0.25) is 0 Å². The Morgan fingerprint density at radius 1 is 1.25 bits per heavy atom. The van der Waals surface area contributed by atoms with Crippen molar-refractivity contribution in [1.29, 1.82) is 0 Å². The summed E-state index contributed by atoms with van der Waals surface area (Å²) in [5, 5.41) is 21.9. The molecule has 1 heterocycles. The predicted octanol–water partition coefficient (Wildman–Crippen LogP) is 2.15. The Morgan fingerprint density at radius 2 is 2.08 bits per heavy atom. The maximum absolute atomic E-state index is 12.3. The first-order valence-electron chi connectivity index (χ1n) is 9.32. The number of aliphatic hydroxyl groups is 1. The Kier molecular flexibility index (Phi) is 3.00. The van der Waals surface area contributed by atoms with Crippen LogP contribution in [0.5, 0.6) is 5.75 Å². The van der Waals surface area contributed by atoms with E-state index < -0.39 is 11.0 Å². The van der Waals surface area contributed by atoms with Crippen molar-refractivity contribution in [2.45, 2.75) is 62.0 Å². The zero-order valence-corrected chi connectivity index (χ0v) is 14.0. The summed E-state index contributed by atoms with van der Waals surface area (Å²) in [6.45, 7) is 2.04. The number of likely N-dealkylation sites (tertiary alicyclic amines) is 1. The van der Waals surface area contributed by atoms with E-state index in [0.717, 1.165) is 37.4 Å². The lowest BCUT2D eigenvalue weighted by Gasteiger charge is -2.63. The van der Waals surface area contributed by atoms with Gasteiger partial charge < -0.3 is 10.2 Å². The van der Waals surface area contributed by atoms with Gasteiger partial charge in [-0.25, -0.2) is 0 Å². The van der Waals surface area contributed by atoms with Crippen LogP contribution in [-0.2, 0) is 16.6 Å². The summed E-state index contributed by atoms with van der Waals surface area (Å²) in [5.74, 6) is 1.29. The van der Waals surface area contributed by atoms with Crippen molar-refractivity contribution < 1.29 is 15.0 Å². The minimum absolute atomic E-state index is 0.108. The standard InChI is InChI=1S/C20H25NO3/c22-15-4-3-14-9-18-20(24)6-5-16(23)11-19(20,17(14)10-15)7-8-21(18)12-13-1-2-13/h3-4,10,13,18,22,24H,1-2,5-9,11-12H2/t18-,19-,20-/m0/s1. The van der Waals surface area contributed by atoms with Crippen molar-refractivity contribution in [3.05, 3.63) is 29.3 Å². The van der Waals surface area contributed by atoms with E-state index in [2.05, 4.69) is 4.90 Å². The number of carbonyl (C=O) groups is 1. The highest BCUT2D eigenvalue weighted by atomic mass is 16.3. The van der Waals surface area contributed by atoms with Gasteiger partial charge in [0.2, 0.25) is 0 Å². The van der Waals surface area contributed by atoms with Gasteiger partial charge in [-0.1, -0.05) is 6.07 Å². The van der Waals surface area contributed by atoms with E-state index in [9.17, 15) is 15.0 Å². The van der Waals surface area contributed by atoms with Crippen molar-refractivity contribution in [1.82, 2.24) is 4.90 Å². The lowest BCUT2D eigenvalue weighted by atomic mass is 9.49. The molecule has 24 heavy (non-hydrogen) atoms. The highest BCUT2D eigenvalue weighted by molar-refractivity contribution is 5.82. The fourth-order valence-corrected chi connectivity index (χ4v) is 5.74. The number of rotatable bonds is 2. The molecule has 5 rings (SSSR count). The number of nitrogens with zero attached hydrogens (tertiary/aromatic N) is 1. The summed E-state index contributed by atoms with van der Waals surface area (Å²) in [5.41, 5.74) is 0.895. The van der Waals surface area contributed by atoms with Crippen molar-refractivity contribution in [3.8, 4) is 5.75 Å². The van der Waals surface area contributed by atoms with Crippen LogP contribution < -0.4 is 0 Å². The molecular formula is C20H25NO3. The third kappa shape index (κ3) is 1.90. The Morgan fingerprint density at radius 3 is 2.88 bits per heavy atom. The summed E-state index contributed by atoms with van der Waals surface area (Å²) in [6, 6.07) is 5.66. The maximum Gasteiger partial charge on any atom is 0.134 e. The zero-order chi connectivity index (χ0) is 16.5. The number of phenols is 1. The van der Waals surface area contributed by atoms with Gasteiger partial charge >= 0.3 is 0 Å². The molecule has 128 valence electrons. The number of hydrogen-bond acceptors (Lipinski definition) is 4. The topological polar surface area (TPSA) is 60.8 Å². The van der Waals surface area contributed by atoms with Crippen LogP contribution in [-0.4, -0.2) is 45.6 Å². The van der Waals surface area contributed by atoms with Crippen LogP contribution in [0, 0.1) is 5.92 Å². The molecule has 4 aliphatic rings. The molecule has 1 aromatic rings. The van der Waals surface area contributed by atoms with Crippen molar-refractivity contribution >= 4 is 5.78 Å². The molecule has 4 heteroatoms. The van der Waals surface area contributed by atoms with E-state index in [1.165, 1.54) is 18.4 Å². The fourth-order valence-electron chi connectivity index (χ4n) is 5.74. The summed E-state index contributed by atoms with van der Waals surface area (Å²) < 4.78 is 0. The van der Waals surface area contributed by atoms with E-state index in [1.54, 1.807) is 6.07 Å². The molecule has 2 saturated carbocycles. The van der Waals surface area contributed by atoms with E-state index in [-0.39, 0.29) is 17.6 Å². The first-order chi connectivity index (χ1) is 11.5. The van der Waals surface area contributed by atoms with Gasteiger partial charge in [0.15, 0.2) is 0 Å². The molecule has 0 amide bonds. The smallest absolute Gasteiger partial charge is 0.134 e. The number of hydrogen-bond donors (Lipinski definition) is 2. The largest absolute Gasteiger partial charge is 0.508 e. The second kappa shape index (κ2) is 4.83. The molecule has 0 aromatic heterocycles. The minimum Gasteiger partial charge on any atom is -0.508 e. The van der Waals surface area contributed by atoms with Crippen molar-refractivity contribution in [2.24, 2.45) is 5.92 Å². The third-order valence-corrected chi connectivity index (χ3v) is 7.14. The van der Waals surface area contributed by atoms with Crippen LogP contribution in [0.15, 0.2) is 18.2 Å². The second-order valence-electron chi connectivity index (χ2n) is 8.47. The first-order valence-corrected chi connectivity index (χ1v) is 9.32. The molecular weight excluding hydrogens is 302 g/mol. The highest BCUT2D eigenvalue weighted by Crippen LogP contribution is 2.58. The molecule has 1 aliphatic heterocycles. The average Bonchev–Trinajstić information content (AvgIpc) is 3.36. The molecule has 1 aromatic carbocycles. The normalized spacial score (nSPS) is 38.5. The van der Waals surface area contributed by atoms with E-state index in [4.69, 9.17) is 0 Å². The number of ketones is 1. The molecule has 3 atom stereocenters. The van der Waals surface area contributed by atoms with Crippen LogP contribution >= 0.6 is 0 Å². The van der Waals surface area contributed by atoms with Crippen LogP contribution in [0.3, 0.4) is 0 Å². The molecule has 1 saturated heterocycles. The number of phenolic OH excluding ortho intramolecular Hbond substituents is 1. The van der Waals surface area contributed by atoms with Gasteiger partial charge in [-0.3, -0.25) is 9.69 Å².